The second-order valence-corrected chi connectivity index (χ2v) is 4.90. The quantitative estimate of drug-likeness (QED) is 0.661. The number of carbonyl (C=O) groups is 1. The molecule has 0 unspecified atom stereocenters. The summed E-state index contributed by atoms with van der Waals surface area (Å²) in [6.07, 6.45) is 2.07. The molecular weight excluding hydrogens is 284 g/mol. The zero-order valence-corrected chi connectivity index (χ0v) is 10.9. The fourth-order valence-corrected chi connectivity index (χ4v) is 2.16. The molecule has 0 radical (unpaired) electrons. The van der Waals surface area contributed by atoms with E-state index in [1.165, 1.54) is 12.1 Å². The van der Waals surface area contributed by atoms with Gasteiger partial charge in [0.05, 0.1) is 0 Å². The molecule has 0 fully saturated rings. The topological polar surface area (TPSA) is 101 Å². The molecule has 0 bridgehead atoms. The first-order valence-electron chi connectivity index (χ1n) is 5.46. The Kier molecular flexibility index (Phi) is 3.73. The van der Waals surface area contributed by atoms with Gasteiger partial charge in [0.1, 0.15) is 0 Å². The molecule has 0 saturated heterocycles. The summed E-state index contributed by atoms with van der Waals surface area (Å²) in [6, 6.07) is 9.93. The number of carboxylic acid groups (broad SMARTS) is 1. The molecule has 20 heavy (non-hydrogen) atoms. The zero-order valence-electron chi connectivity index (χ0n) is 10.1. The van der Waals surface area contributed by atoms with Crippen LogP contribution in [0, 0.1) is 0 Å². The second kappa shape index (κ2) is 5.32. The van der Waals surface area contributed by atoms with E-state index in [1.807, 2.05) is 0 Å². The third-order valence-electron chi connectivity index (χ3n) is 2.52. The van der Waals surface area contributed by atoms with Crippen LogP contribution in [0.4, 0.5) is 0 Å². The number of hydrogen-bond acceptors (Lipinski definition) is 4. The number of carboxylic acids is 1. The third kappa shape index (κ3) is 3.34. The summed E-state index contributed by atoms with van der Waals surface area (Å²) in [6.45, 7) is 0. The van der Waals surface area contributed by atoms with Gasteiger partial charge >= 0.3 is 16.4 Å². The normalized spacial score (nSPS) is 11.8. The predicted molar refractivity (Wildman–Crippen MR) is 72.8 cm³/mol. The van der Waals surface area contributed by atoms with Gasteiger partial charge in [-0.1, -0.05) is 30.3 Å². The smallest absolute Gasteiger partial charge is 0.446 e. The van der Waals surface area contributed by atoms with Gasteiger partial charge in [0.15, 0.2) is 5.75 Å². The molecule has 0 spiro atoms. The predicted octanol–water partition coefficient (Wildman–Crippen LogP) is 2.12. The van der Waals surface area contributed by atoms with Crippen LogP contribution in [0.15, 0.2) is 42.5 Å². The molecule has 0 heterocycles. The summed E-state index contributed by atoms with van der Waals surface area (Å²) in [7, 11) is -4.69. The highest BCUT2D eigenvalue weighted by Crippen LogP contribution is 2.30. The van der Waals surface area contributed by atoms with Gasteiger partial charge in [0.2, 0.25) is 0 Å². The number of fused-ring (bicyclic) bond motifs is 1. The van der Waals surface area contributed by atoms with Crippen LogP contribution in [0.1, 0.15) is 5.56 Å². The first kappa shape index (κ1) is 14.0. The molecule has 0 aliphatic heterocycles. The summed E-state index contributed by atoms with van der Waals surface area (Å²) in [5.41, 5.74) is 0.253. The van der Waals surface area contributed by atoms with Gasteiger partial charge < -0.3 is 9.29 Å². The van der Waals surface area contributed by atoms with E-state index >= 15 is 0 Å². The van der Waals surface area contributed by atoms with E-state index in [0.717, 1.165) is 11.5 Å². The fraction of sp³-hybridized carbons (Fsp3) is 0. The number of benzene rings is 2. The average Bonchev–Trinajstić information content (AvgIpc) is 2.35. The molecule has 104 valence electrons. The Labute approximate surface area is 114 Å². The van der Waals surface area contributed by atoms with Crippen LogP contribution in [0.3, 0.4) is 0 Å². The number of hydrogen-bond donors (Lipinski definition) is 2. The van der Waals surface area contributed by atoms with Crippen molar-refractivity contribution < 1.29 is 27.1 Å². The molecule has 2 N–H and O–H groups in total. The lowest BCUT2D eigenvalue weighted by Gasteiger charge is -2.09. The van der Waals surface area contributed by atoms with E-state index in [1.54, 1.807) is 30.3 Å². The highest BCUT2D eigenvalue weighted by molar-refractivity contribution is 7.81. The maximum atomic E-state index is 10.8. The van der Waals surface area contributed by atoms with E-state index in [9.17, 15) is 13.2 Å². The van der Waals surface area contributed by atoms with E-state index < -0.39 is 16.4 Å². The van der Waals surface area contributed by atoms with Crippen LogP contribution >= 0.6 is 0 Å². The monoisotopic (exact) mass is 294 g/mol. The van der Waals surface area contributed by atoms with Crippen LogP contribution in [-0.4, -0.2) is 24.0 Å². The molecule has 0 aliphatic carbocycles. The minimum Gasteiger partial charge on any atom is -0.478 e. The fourth-order valence-electron chi connectivity index (χ4n) is 1.79. The van der Waals surface area contributed by atoms with Gasteiger partial charge in [-0.25, -0.2) is 4.79 Å². The van der Waals surface area contributed by atoms with Gasteiger partial charge in [-0.15, -0.1) is 0 Å². The molecule has 6 nitrogen and oxygen atoms in total. The lowest BCUT2D eigenvalue weighted by molar-refractivity contribution is -0.131. The highest BCUT2D eigenvalue weighted by atomic mass is 32.3. The average molecular weight is 294 g/mol. The molecule has 0 aliphatic rings. The minimum absolute atomic E-state index is 0.149. The highest BCUT2D eigenvalue weighted by Gasteiger charge is 2.13. The van der Waals surface area contributed by atoms with E-state index in [4.69, 9.17) is 9.66 Å². The summed E-state index contributed by atoms with van der Waals surface area (Å²) in [5.74, 6) is -1.33. The van der Waals surface area contributed by atoms with Crippen LogP contribution in [0.25, 0.3) is 16.8 Å². The molecular formula is C13H10O6S. The molecule has 2 aromatic rings. The van der Waals surface area contributed by atoms with Gasteiger partial charge in [-0.05, 0) is 22.9 Å². The van der Waals surface area contributed by atoms with Gasteiger partial charge in [0, 0.05) is 11.6 Å². The lowest BCUT2D eigenvalue weighted by atomic mass is 10.0. The SMILES string of the molecule is O=C(O)C=Cc1c(OS(=O)(=O)O)ccc2ccccc12. The Bertz CT molecular complexity index is 792. The lowest BCUT2D eigenvalue weighted by Crippen LogP contribution is -2.07. The van der Waals surface area contributed by atoms with Crippen LogP contribution in [0.2, 0.25) is 0 Å². The molecule has 0 atom stereocenters. The van der Waals surface area contributed by atoms with Crippen molar-refractivity contribution >= 4 is 33.2 Å². The maximum absolute atomic E-state index is 10.8. The van der Waals surface area contributed by atoms with Crippen molar-refractivity contribution in [2.24, 2.45) is 0 Å². The summed E-state index contributed by atoms with van der Waals surface area (Å²) in [5, 5.41) is 10.1. The van der Waals surface area contributed by atoms with Crippen molar-refractivity contribution in [2.75, 3.05) is 0 Å². The van der Waals surface area contributed by atoms with Crippen LogP contribution in [-0.2, 0) is 15.2 Å². The van der Waals surface area contributed by atoms with Gasteiger partial charge in [-0.2, -0.15) is 8.42 Å². The third-order valence-corrected chi connectivity index (χ3v) is 2.91. The summed E-state index contributed by atoms with van der Waals surface area (Å²) >= 11 is 0. The maximum Gasteiger partial charge on any atom is 0.446 e. The molecule has 0 aromatic heterocycles. The standard InChI is InChI=1S/C13H10O6S/c14-13(15)8-6-11-10-4-2-1-3-9(10)5-7-12(11)19-20(16,17)18/h1-8H,(H,14,15)(H,16,17,18). The first-order valence-corrected chi connectivity index (χ1v) is 6.83. The van der Waals surface area contributed by atoms with Crippen LogP contribution < -0.4 is 4.18 Å². The first-order chi connectivity index (χ1) is 9.37. The Morgan fingerprint density at radius 1 is 1.15 bits per heavy atom. The van der Waals surface area contributed by atoms with Crippen molar-refractivity contribution in [3.05, 3.63) is 48.0 Å². The zero-order chi connectivity index (χ0) is 14.8. The Morgan fingerprint density at radius 2 is 1.85 bits per heavy atom. The van der Waals surface area contributed by atoms with Crippen molar-refractivity contribution in [2.45, 2.75) is 0 Å². The Hall–Kier alpha value is -2.38. The van der Waals surface area contributed by atoms with Crippen molar-refractivity contribution in [1.82, 2.24) is 0 Å². The van der Waals surface area contributed by atoms with E-state index in [2.05, 4.69) is 4.18 Å². The van der Waals surface area contributed by atoms with Crippen molar-refractivity contribution in [3.63, 3.8) is 0 Å². The largest absolute Gasteiger partial charge is 0.478 e. The summed E-state index contributed by atoms with van der Waals surface area (Å²) in [4.78, 5) is 10.6. The number of rotatable bonds is 4. The second-order valence-electron chi connectivity index (χ2n) is 3.88. The van der Waals surface area contributed by atoms with Crippen molar-refractivity contribution in [1.29, 1.82) is 0 Å². The van der Waals surface area contributed by atoms with Crippen molar-refractivity contribution in [3.8, 4) is 5.75 Å². The molecule has 2 rings (SSSR count). The van der Waals surface area contributed by atoms with Gasteiger partial charge in [-0.3, -0.25) is 4.55 Å². The van der Waals surface area contributed by atoms with E-state index in [-0.39, 0.29) is 11.3 Å². The Morgan fingerprint density at radius 3 is 2.50 bits per heavy atom. The molecule has 0 amide bonds. The molecule has 7 heteroatoms. The van der Waals surface area contributed by atoms with E-state index in [0.29, 0.717) is 5.39 Å². The summed E-state index contributed by atoms with van der Waals surface area (Å²) < 4.78 is 34.9. The number of aliphatic carboxylic acids is 1. The van der Waals surface area contributed by atoms with Crippen LogP contribution in [0.5, 0.6) is 5.75 Å². The molecule has 0 saturated carbocycles. The van der Waals surface area contributed by atoms with Gasteiger partial charge in [0.25, 0.3) is 0 Å². The minimum atomic E-state index is -4.69. The Balaban J connectivity index is 2.67. The molecule has 2 aromatic carbocycles.